The van der Waals surface area contributed by atoms with Crippen LogP contribution in [0.15, 0.2) is 117 Å². The van der Waals surface area contributed by atoms with Crippen LogP contribution in [0.25, 0.3) is 6.08 Å². The van der Waals surface area contributed by atoms with Gasteiger partial charge in [-0.3, -0.25) is 4.79 Å². The molecule has 0 radical (unpaired) electrons. The highest BCUT2D eigenvalue weighted by molar-refractivity contribution is 9.10. The van der Waals surface area contributed by atoms with Crippen LogP contribution in [0, 0.1) is 5.92 Å². The Morgan fingerprint density at radius 1 is 0.947 bits per heavy atom. The van der Waals surface area contributed by atoms with Crippen LogP contribution >= 0.6 is 15.9 Å². The van der Waals surface area contributed by atoms with Gasteiger partial charge in [-0.25, -0.2) is 10.2 Å². The van der Waals surface area contributed by atoms with Gasteiger partial charge in [0.1, 0.15) is 11.5 Å². The molecule has 1 aliphatic rings. The SMILES string of the molecule is O=C(/C=C/c1ccco1)Oc1ccc(Br)cc1/C=N\NC(=O)C1CC(c2ccccc2)(c2ccccc2)C1. The molecule has 7 heteroatoms. The smallest absolute Gasteiger partial charge is 0.336 e. The predicted molar refractivity (Wildman–Crippen MR) is 150 cm³/mol. The molecule has 1 fully saturated rings. The van der Waals surface area contributed by atoms with Crippen LogP contribution in [0.4, 0.5) is 0 Å². The third-order valence-corrected chi connectivity index (χ3v) is 7.19. The average molecular weight is 569 g/mol. The number of carbonyl (C=O) groups is 2. The maximum absolute atomic E-state index is 13.0. The molecule has 1 aliphatic carbocycles. The number of hydrazone groups is 1. The van der Waals surface area contributed by atoms with Crippen LogP contribution in [0.1, 0.15) is 35.3 Å². The van der Waals surface area contributed by atoms with Gasteiger partial charge >= 0.3 is 5.97 Å². The van der Waals surface area contributed by atoms with Gasteiger partial charge in [0.25, 0.3) is 0 Å². The molecule has 4 aromatic rings. The number of halogens is 1. The Labute approximate surface area is 229 Å². The van der Waals surface area contributed by atoms with E-state index in [2.05, 4.69) is 50.7 Å². The van der Waals surface area contributed by atoms with Gasteiger partial charge in [-0.15, -0.1) is 0 Å². The van der Waals surface area contributed by atoms with Gasteiger partial charge in [-0.05, 0) is 60.4 Å². The quantitative estimate of drug-likeness (QED) is 0.0863. The number of amides is 1. The van der Waals surface area contributed by atoms with E-state index >= 15 is 0 Å². The van der Waals surface area contributed by atoms with E-state index in [0.29, 0.717) is 29.9 Å². The number of ether oxygens (including phenoxy) is 1. The lowest BCUT2D eigenvalue weighted by atomic mass is 9.55. The van der Waals surface area contributed by atoms with Gasteiger partial charge in [0.05, 0.1) is 12.5 Å². The summed E-state index contributed by atoms with van der Waals surface area (Å²) in [5.41, 5.74) is 5.43. The summed E-state index contributed by atoms with van der Waals surface area (Å²) >= 11 is 3.42. The number of rotatable bonds is 8. The maximum Gasteiger partial charge on any atom is 0.336 e. The van der Waals surface area contributed by atoms with E-state index in [4.69, 9.17) is 9.15 Å². The molecule has 1 saturated carbocycles. The monoisotopic (exact) mass is 568 g/mol. The first-order valence-corrected chi connectivity index (χ1v) is 13.0. The van der Waals surface area contributed by atoms with E-state index in [1.807, 2.05) is 36.4 Å². The number of benzene rings is 3. The van der Waals surface area contributed by atoms with Crippen LogP contribution in [-0.4, -0.2) is 18.1 Å². The fourth-order valence-electron chi connectivity index (χ4n) is 4.77. The van der Waals surface area contributed by atoms with Crippen molar-refractivity contribution in [3.05, 3.63) is 130 Å². The van der Waals surface area contributed by atoms with E-state index in [9.17, 15) is 9.59 Å². The largest absolute Gasteiger partial charge is 0.465 e. The molecule has 1 N–H and O–H groups in total. The highest BCUT2D eigenvalue weighted by atomic mass is 79.9. The van der Waals surface area contributed by atoms with Crippen molar-refractivity contribution in [1.29, 1.82) is 0 Å². The molecule has 1 aromatic heterocycles. The van der Waals surface area contributed by atoms with Crippen LogP contribution in [0.2, 0.25) is 0 Å². The summed E-state index contributed by atoms with van der Waals surface area (Å²) in [5, 5.41) is 4.16. The summed E-state index contributed by atoms with van der Waals surface area (Å²) in [5.74, 6) is -0.00860. The zero-order chi connectivity index (χ0) is 26.4. The van der Waals surface area contributed by atoms with Crippen LogP contribution in [-0.2, 0) is 15.0 Å². The molecule has 0 saturated heterocycles. The normalized spacial score (nSPS) is 14.9. The molecular formula is C31H25BrN2O4. The summed E-state index contributed by atoms with van der Waals surface area (Å²) < 4.78 is 11.4. The molecule has 0 atom stereocenters. The van der Waals surface area contributed by atoms with Crippen molar-refractivity contribution >= 4 is 40.1 Å². The Morgan fingerprint density at radius 3 is 2.26 bits per heavy atom. The lowest BCUT2D eigenvalue weighted by molar-refractivity contribution is -0.130. The molecule has 0 spiro atoms. The maximum atomic E-state index is 13.0. The van der Waals surface area contributed by atoms with E-state index in [0.717, 1.165) is 4.47 Å². The Hall–Kier alpha value is -4.23. The standard InChI is InChI=1S/C31H25BrN2O4/c32-26-13-15-28(38-29(35)16-14-27-12-7-17-37-27)22(18-26)21-33-34-30(36)23-19-31(20-23,24-8-3-1-4-9-24)25-10-5-2-6-11-25/h1-18,21,23H,19-20H2,(H,34,36)/b16-14+,33-21-. The number of nitrogens with one attached hydrogen (secondary N) is 1. The first kappa shape index (κ1) is 25.4. The van der Waals surface area contributed by atoms with Crippen LogP contribution in [0.5, 0.6) is 5.75 Å². The number of esters is 1. The molecule has 1 amide bonds. The molecule has 0 aliphatic heterocycles. The number of carbonyl (C=O) groups excluding carboxylic acids is 2. The van der Waals surface area contributed by atoms with Crippen molar-refractivity contribution in [2.45, 2.75) is 18.3 Å². The summed E-state index contributed by atoms with van der Waals surface area (Å²) in [6.07, 6.45) is 7.20. The minimum Gasteiger partial charge on any atom is -0.465 e. The second kappa shape index (κ2) is 11.4. The van der Waals surface area contributed by atoms with E-state index < -0.39 is 5.97 Å². The topological polar surface area (TPSA) is 80.9 Å². The zero-order valence-electron chi connectivity index (χ0n) is 20.4. The Kier molecular flexibility index (Phi) is 7.65. The summed E-state index contributed by atoms with van der Waals surface area (Å²) in [4.78, 5) is 25.2. The molecule has 5 rings (SSSR count). The average Bonchev–Trinajstić information content (AvgIpc) is 3.44. The Bertz CT molecular complexity index is 1420. The minimum atomic E-state index is -0.560. The number of nitrogens with zero attached hydrogens (tertiary/aromatic N) is 1. The van der Waals surface area contributed by atoms with Gasteiger partial charge in [-0.1, -0.05) is 76.6 Å². The molecule has 190 valence electrons. The molecule has 0 unspecified atom stereocenters. The van der Waals surface area contributed by atoms with Crippen molar-refractivity contribution in [2.75, 3.05) is 0 Å². The zero-order valence-corrected chi connectivity index (χ0v) is 22.0. The lowest BCUT2D eigenvalue weighted by Crippen LogP contribution is -2.48. The van der Waals surface area contributed by atoms with Crippen molar-refractivity contribution in [3.63, 3.8) is 0 Å². The summed E-state index contributed by atoms with van der Waals surface area (Å²) in [7, 11) is 0. The fourth-order valence-corrected chi connectivity index (χ4v) is 5.15. The Balaban J connectivity index is 1.24. The van der Waals surface area contributed by atoms with Gasteiger partial charge in [-0.2, -0.15) is 5.10 Å². The number of hydrogen-bond acceptors (Lipinski definition) is 5. The highest BCUT2D eigenvalue weighted by Crippen LogP contribution is 2.52. The van der Waals surface area contributed by atoms with Crippen molar-refractivity contribution < 1.29 is 18.7 Å². The van der Waals surface area contributed by atoms with Gasteiger partial charge < -0.3 is 9.15 Å². The molecular weight excluding hydrogens is 544 g/mol. The third-order valence-electron chi connectivity index (χ3n) is 6.70. The lowest BCUT2D eigenvalue weighted by Gasteiger charge is -2.47. The number of furan rings is 1. The molecule has 0 bridgehead atoms. The molecule has 38 heavy (non-hydrogen) atoms. The third kappa shape index (κ3) is 5.68. The summed E-state index contributed by atoms with van der Waals surface area (Å²) in [6.45, 7) is 0. The highest BCUT2D eigenvalue weighted by Gasteiger charge is 2.49. The van der Waals surface area contributed by atoms with Crippen molar-refractivity contribution in [3.8, 4) is 5.75 Å². The second-order valence-corrected chi connectivity index (χ2v) is 10.0. The van der Waals surface area contributed by atoms with Gasteiger partial charge in [0.2, 0.25) is 5.91 Å². The molecule has 6 nitrogen and oxygen atoms in total. The first-order chi connectivity index (χ1) is 18.5. The van der Waals surface area contributed by atoms with Crippen molar-refractivity contribution in [1.82, 2.24) is 5.43 Å². The van der Waals surface area contributed by atoms with E-state index in [1.165, 1.54) is 35.8 Å². The second-order valence-electron chi connectivity index (χ2n) is 9.11. The molecule has 1 heterocycles. The minimum absolute atomic E-state index is 0.140. The van der Waals surface area contributed by atoms with E-state index in [-0.39, 0.29) is 17.2 Å². The molecule has 3 aromatic carbocycles. The summed E-state index contributed by atoms with van der Waals surface area (Å²) in [6, 6.07) is 29.3. The Morgan fingerprint density at radius 2 is 1.63 bits per heavy atom. The predicted octanol–water partition coefficient (Wildman–Crippen LogP) is 6.51. The van der Waals surface area contributed by atoms with Crippen LogP contribution < -0.4 is 10.2 Å². The van der Waals surface area contributed by atoms with E-state index in [1.54, 1.807) is 30.3 Å². The number of hydrogen-bond donors (Lipinski definition) is 1. The van der Waals surface area contributed by atoms with Crippen LogP contribution in [0.3, 0.4) is 0 Å². The van der Waals surface area contributed by atoms with Crippen molar-refractivity contribution in [2.24, 2.45) is 11.0 Å². The van der Waals surface area contributed by atoms with Gasteiger partial charge in [0, 0.05) is 27.4 Å². The fraction of sp³-hybridized carbons (Fsp3) is 0.129. The van der Waals surface area contributed by atoms with Gasteiger partial charge in [0.15, 0.2) is 0 Å². The first-order valence-electron chi connectivity index (χ1n) is 12.2.